The van der Waals surface area contributed by atoms with Gasteiger partial charge in [-0.05, 0) is 24.6 Å². The predicted octanol–water partition coefficient (Wildman–Crippen LogP) is 2.39. The molecule has 0 saturated carbocycles. The number of aromatic nitrogens is 1. The first-order valence-corrected chi connectivity index (χ1v) is 7.53. The molecule has 0 unspecified atom stereocenters. The molecule has 1 heterocycles. The molecule has 6 heteroatoms. The maximum atomic E-state index is 12.1. The van der Waals surface area contributed by atoms with Gasteiger partial charge in [-0.1, -0.05) is 19.8 Å². The van der Waals surface area contributed by atoms with Gasteiger partial charge in [-0.25, -0.2) is 4.79 Å². The van der Waals surface area contributed by atoms with Crippen molar-refractivity contribution in [2.45, 2.75) is 39.0 Å². The molecule has 1 aromatic heterocycles. The number of amides is 1. The number of nitrogens with one attached hydrogen (secondary N) is 2. The van der Waals surface area contributed by atoms with Crippen LogP contribution in [0.25, 0.3) is 11.1 Å². The van der Waals surface area contributed by atoms with Crippen molar-refractivity contribution in [2.75, 3.05) is 6.54 Å². The van der Waals surface area contributed by atoms with E-state index in [2.05, 4.69) is 17.2 Å². The number of ketones is 1. The molecule has 0 saturated heterocycles. The van der Waals surface area contributed by atoms with E-state index in [1.165, 1.54) is 6.07 Å². The van der Waals surface area contributed by atoms with E-state index in [0.717, 1.165) is 19.3 Å². The van der Waals surface area contributed by atoms with Gasteiger partial charge in [-0.15, -0.1) is 0 Å². The van der Waals surface area contributed by atoms with Crippen LogP contribution in [-0.2, 0) is 4.79 Å². The van der Waals surface area contributed by atoms with Gasteiger partial charge in [-0.2, -0.15) is 0 Å². The van der Waals surface area contributed by atoms with E-state index in [1.54, 1.807) is 12.1 Å². The van der Waals surface area contributed by atoms with E-state index in [4.69, 9.17) is 4.42 Å². The van der Waals surface area contributed by atoms with Crippen molar-refractivity contribution < 1.29 is 14.0 Å². The van der Waals surface area contributed by atoms with Gasteiger partial charge in [0, 0.05) is 24.9 Å². The van der Waals surface area contributed by atoms with Crippen LogP contribution in [0.2, 0.25) is 0 Å². The molecular formula is C16H20N2O4. The summed E-state index contributed by atoms with van der Waals surface area (Å²) in [6, 6.07) is 4.77. The summed E-state index contributed by atoms with van der Waals surface area (Å²) < 4.78 is 4.92. The molecule has 22 heavy (non-hydrogen) atoms. The number of oxazole rings is 1. The zero-order valence-corrected chi connectivity index (χ0v) is 12.6. The Bertz CT molecular complexity index is 714. The number of carbonyl (C=O) groups excluding carboxylic acids is 2. The number of benzene rings is 1. The maximum Gasteiger partial charge on any atom is 0.417 e. The molecular weight excluding hydrogens is 284 g/mol. The fourth-order valence-corrected chi connectivity index (χ4v) is 2.18. The van der Waals surface area contributed by atoms with E-state index >= 15 is 0 Å². The number of Topliss-reactive ketones (excluding diaryl/α,β-unsaturated/α-hetero) is 1. The minimum Gasteiger partial charge on any atom is -0.408 e. The number of H-pyrrole nitrogens is 1. The first-order chi connectivity index (χ1) is 10.6. The van der Waals surface area contributed by atoms with Crippen molar-refractivity contribution in [1.29, 1.82) is 0 Å². The van der Waals surface area contributed by atoms with Crippen molar-refractivity contribution in [3.63, 3.8) is 0 Å². The lowest BCUT2D eigenvalue weighted by atomic mass is 10.1. The summed E-state index contributed by atoms with van der Waals surface area (Å²) in [6.45, 7) is 2.76. The summed E-state index contributed by atoms with van der Waals surface area (Å²) in [7, 11) is 0. The Morgan fingerprint density at radius 3 is 2.82 bits per heavy atom. The maximum absolute atomic E-state index is 12.1. The lowest BCUT2D eigenvalue weighted by molar-refractivity contribution is -0.121. The highest BCUT2D eigenvalue weighted by molar-refractivity contribution is 6.00. The van der Waals surface area contributed by atoms with E-state index in [-0.39, 0.29) is 24.5 Å². The molecule has 2 N–H and O–H groups in total. The van der Waals surface area contributed by atoms with E-state index in [1.807, 2.05) is 0 Å². The molecule has 2 rings (SSSR count). The number of aromatic amines is 1. The zero-order chi connectivity index (χ0) is 15.9. The third-order valence-corrected chi connectivity index (χ3v) is 3.42. The predicted molar refractivity (Wildman–Crippen MR) is 82.9 cm³/mol. The first-order valence-electron chi connectivity index (χ1n) is 7.53. The van der Waals surface area contributed by atoms with Gasteiger partial charge in [0.2, 0.25) is 5.91 Å². The first kappa shape index (κ1) is 16.0. The van der Waals surface area contributed by atoms with E-state index < -0.39 is 5.76 Å². The monoisotopic (exact) mass is 304 g/mol. The summed E-state index contributed by atoms with van der Waals surface area (Å²) in [5.41, 5.74) is 1.34. The minimum absolute atomic E-state index is 0.112. The van der Waals surface area contributed by atoms with Crippen LogP contribution in [0.1, 0.15) is 49.4 Å². The molecule has 118 valence electrons. The Balaban J connectivity index is 1.85. The van der Waals surface area contributed by atoms with Crippen LogP contribution in [0.15, 0.2) is 27.4 Å². The molecule has 0 atom stereocenters. The molecule has 1 amide bonds. The Kier molecular flexibility index (Phi) is 5.52. The number of hydrogen-bond donors (Lipinski definition) is 2. The Morgan fingerprint density at radius 1 is 1.23 bits per heavy atom. The molecule has 1 aromatic carbocycles. The second kappa shape index (κ2) is 7.59. The average Bonchev–Trinajstić information content (AvgIpc) is 2.88. The fraction of sp³-hybridized carbons (Fsp3) is 0.438. The van der Waals surface area contributed by atoms with E-state index in [0.29, 0.717) is 23.2 Å². The lowest BCUT2D eigenvalue weighted by Crippen LogP contribution is -2.24. The number of unbranched alkanes of at least 4 members (excludes halogenated alkanes) is 2. The van der Waals surface area contributed by atoms with Gasteiger partial charge in [0.25, 0.3) is 0 Å². The Labute approximate surface area is 127 Å². The van der Waals surface area contributed by atoms with Crippen LogP contribution in [0.3, 0.4) is 0 Å². The standard InChI is InChI=1S/C16H20N2O4/c1-2-3-4-9-17-15(20)8-7-13(19)11-5-6-12-14(10-11)22-16(21)18-12/h5-6,10H,2-4,7-9H2,1H3,(H,17,20)(H,18,21). The van der Waals surface area contributed by atoms with Crippen LogP contribution < -0.4 is 11.1 Å². The molecule has 0 radical (unpaired) electrons. The molecule has 6 nitrogen and oxygen atoms in total. The number of hydrogen-bond acceptors (Lipinski definition) is 4. The van der Waals surface area contributed by atoms with Crippen molar-refractivity contribution >= 4 is 22.8 Å². The van der Waals surface area contributed by atoms with Gasteiger partial charge in [0.15, 0.2) is 11.4 Å². The van der Waals surface area contributed by atoms with Gasteiger partial charge in [0.1, 0.15) is 0 Å². The average molecular weight is 304 g/mol. The molecule has 0 aliphatic heterocycles. The van der Waals surface area contributed by atoms with Crippen molar-refractivity contribution in [3.05, 3.63) is 34.3 Å². The van der Waals surface area contributed by atoms with Crippen LogP contribution in [0, 0.1) is 0 Å². The second-order valence-corrected chi connectivity index (χ2v) is 5.21. The Hall–Kier alpha value is -2.37. The van der Waals surface area contributed by atoms with E-state index in [9.17, 15) is 14.4 Å². The highest BCUT2D eigenvalue weighted by atomic mass is 16.4. The molecule has 0 spiro atoms. The van der Waals surface area contributed by atoms with Crippen molar-refractivity contribution in [3.8, 4) is 0 Å². The van der Waals surface area contributed by atoms with Crippen LogP contribution in [0.5, 0.6) is 0 Å². The van der Waals surface area contributed by atoms with Crippen LogP contribution in [0.4, 0.5) is 0 Å². The Morgan fingerprint density at radius 2 is 2.05 bits per heavy atom. The molecule has 2 aromatic rings. The topological polar surface area (TPSA) is 92.2 Å². The zero-order valence-electron chi connectivity index (χ0n) is 12.6. The number of fused-ring (bicyclic) bond motifs is 1. The van der Waals surface area contributed by atoms with Gasteiger partial charge in [0.05, 0.1) is 5.52 Å². The highest BCUT2D eigenvalue weighted by Gasteiger charge is 2.11. The third-order valence-electron chi connectivity index (χ3n) is 3.42. The number of rotatable bonds is 8. The highest BCUT2D eigenvalue weighted by Crippen LogP contribution is 2.14. The summed E-state index contributed by atoms with van der Waals surface area (Å²) in [6.07, 6.45) is 3.45. The van der Waals surface area contributed by atoms with Gasteiger partial charge in [-0.3, -0.25) is 14.6 Å². The quantitative estimate of drug-likeness (QED) is 0.578. The third kappa shape index (κ3) is 4.31. The minimum atomic E-state index is -0.550. The van der Waals surface area contributed by atoms with Crippen molar-refractivity contribution in [1.82, 2.24) is 10.3 Å². The molecule has 0 aliphatic rings. The summed E-state index contributed by atoms with van der Waals surface area (Å²) >= 11 is 0. The summed E-state index contributed by atoms with van der Waals surface area (Å²) in [5, 5.41) is 2.80. The summed E-state index contributed by atoms with van der Waals surface area (Å²) in [4.78, 5) is 37.3. The SMILES string of the molecule is CCCCCNC(=O)CCC(=O)c1ccc2[nH]c(=O)oc2c1. The van der Waals surface area contributed by atoms with Gasteiger partial charge < -0.3 is 9.73 Å². The molecule has 0 fully saturated rings. The second-order valence-electron chi connectivity index (χ2n) is 5.21. The molecule has 0 aliphatic carbocycles. The fourth-order valence-electron chi connectivity index (χ4n) is 2.18. The number of carbonyl (C=O) groups is 2. The van der Waals surface area contributed by atoms with Crippen LogP contribution >= 0.6 is 0 Å². The lowest BCUT2D eigenvalue weighted by Gasteiger charge is -2.04. The van der Waals surface area contributed by atoms with Gasteiger partial charge >= 0.3 is 5.76 Å². The van der Waals surface area contributed by atoms with Crippen molar-refractivity contribution in [2.24, 2.45) is 0 Å². The largest absolute Gasteiger partial charge is 0.417 e. The molecule has 0 bridgehead atoms. The van der Waals surface area contributed by atoms with Crippen LogP contribution in [-0.4, -0.2) is 23.2 Å². The normalized spacial score (nSPS) is 10.8. The summed E-state index contributed by atoms with van der Waals surface area (Å²) in [5.74, 6) is -0.806. The smallest absolute Gasteiger partial charge is 0.408 e.